The van der Waals surface area contributed by atoms with E-state index in [1.807, 2.05) is 62.4 Å². The number of ether oxygens (including phenoxy) is 1. The molecule has 1 unspecified atom stereocenters. The molecule has 2 N–H and O–H groups in total. The third-order valence-electron chi connectivity index (χ3n) is 4.48. The van der Waals surface area contributed by atoms with Crippen LogP contribution in [0.1, 0.15) is 23.6 Å². The summed E-state index contributed by atoms with van der Waals surface area (Å²) >= 11 is 0. The predicted octanol–water partition coefficient (Wildman–Crippen LogP) is 4.08. The molecule has 0 spiro atoms. The van der Waals surface area contributed by atoms with Gasteiger partial charge in [0, 0.05) is 5.56 Å². The van der Waals surface area contributed by atoms with Crippen LogP contribution in [0, 0.1) is 13.8 Å². The Kier molecular flexibility index (Phi) is 5.41. The average molecular weight is 362 g/mol. The van der Waals surface area contributed by atoms with E-state index in [0.29, 0.717) is 11.3 Å². The van der Waals surface area contributed by atoms with Gasteiger partial charge in [0.1, 0.15) is 11.5 Å². The number of nitrogens with zero attached hydrogens (tertiary/aromatic N) is 1. The fourth-order valence-corrected chi connectivity index (χ4v) is 2.72. The average Bonchev–Trinajstić information content (AvgIpc) is 2.66. The highest BCUT2D eigenvalue weighted by Gasteiger charge is 2.14. The lowest BCUT2D eigenvalue weighted by atomic mass is 10.0. The number of hydrazone groups is 1. The molecule has 0 saturated heterocycles. The van der Waals surface area contributed by atoms with Crippen LogP contribution in [0.25, 0.3) is 10.8 Å². The first-order chi connectivity index (χ1) is 13.0. The molecule has 0 aromatic heterocycles. The van der Waals surface area contributed by atoms with Gasteiger partial charge in [0.25, 0.3) is 5.91 Å². The highest BCUT2D eigenvalue weighted by molar-refractivity contribution is 6.02. The van der Waals surface area contributed by atoms with Gasteiger partial charge in [0.05, 0.1) is 6.21 Å². The maximum atomic E-state index is 12.2. The smallest absolute Gasteiger partial charge is 0.280 e. The number of fused-ring (bicyclic) bond motifs is 1. The Balaban J connectivity index is 1.68. The fourth-order valence-electron chi connectivity index (χ4n) is 2.72. The van der Waals surface area contributed by atoms with Crippen LogP contribution >= 0.6 is 0 Å². The second kappa shape index (κ2) is 7.91. The number of benzene rings is 3. The molecule has 5 heteroatoms. The molecule has 27 heavy (non-hydrogen) atoms. The molecule has 0 radical (unpaired) electrons. The Labute approximate surface area is 158 Å². The minimum atomic E-state index is -0.703. The molecule has 5 nitrogen and oxygen atoms in total. The molecule has 0 aliphatic heterocycles. The zero-order chi connectivity index (χ0) is 19.4. The molecule has 0 heterocycles. The van der Waals surface area contributed by atoms with Crippen LogP contribution in [-0.4, -0.2) is 23.3 Å². The molecular formula is C22H22N2O3. The summed E-state index contributed by atoms with van der Waals surface area (Å²) in [5, 5.41) is 15.9. The maximum absolute atomic E-state index is 12.2. The zero-order valence-corrected chi connectivity index (χ0v) is 15.6. The highest BCUT2D eigenvalue weighted by Crippen LogP contribution is 2.25. The fraction of sp³-hybridized carbons (Fsp3) is 0.182. The van der Waals surface area contributed by atoms with Crippen molar-refractivity contribution in [3.63, 3.8) is 0 Å². The van der Waals surface area contributed by atoms with Crippen molar-refractivity contribution in [3.05, 3.63) is 71.3 Å². The number of nitrogens with one attached hydrogen (secondary N) is 1. The van der Waals surface area contributed by atoms with Gasteiger partial charge in [0.15, 0.2) is 6.10 Å². The van der Waals surface area contributed by atoms with E-state index in [1.165, 1.54) is 11.8 Å². The second-order valence-corrected chi connectivity index (χ2v) is 6.46. The number of aryl methyl sites for hydroxylation is 2. The molecular weight excluding hydrogens is 340 g/mol. The predicted molar refractivity (Wildman–Crippen MR) is 107 cm³/mol. The molecule has 0 aliphatic rings. The number of phenols is 1. The topological polar surface area (TPSA) is 70.9 Å². The number of carbonyl (C=O) groups is 1. The number of hydrogen-bond donors (Lipinski definition) is 2. The van der Waals surface area contributed by atoms with Gasteiger partial charge >= 0.3 is 0 Å². The SMILES string of the molecule is Cc1ccc(OC(C)C(=O)N/N=C/c2c(O)ccc3ccccc23)cc1C. The molecule has 3 rings (SSSR count). The van der Waals surface area contributed by atoms with E-state index in [9.17, 15) is 9.90 Å². The van der Waals surface area contributed by atoms with Gasteiger partial charge in [-0.05, 0) is 60.9 Å². The first-order valence-corrected chi connectivity index (χ1v) is 8.73. The van der Waals surface area contributed by atoms with Crippen molar-refractivity contribution in [1.82, 2.24) is 5.43 Å². The van der Waals surface area contributed by atoms with Crippen molar-refractivity contribution in [2.45, 2.75) is 26.9 Å². The zero-order valence-electron chi connectivity index (χ0n) is 15.6. The molecule has 1 atom stereocenters. The monoisotopic (exact) mass is 362 g/mol. The van der Waals surface area contributed by atoms with E-state index in [1.54, 1.807) is 13.0 Å². The van der Waals surface area contributed by atoms with Crippen LogP contribution < -0.4 is 10.2 Å². The maximum Gasteiger partial charge on any atom is 0.280 e. The van der Waals surface area contributed by atoms with Crippen LogP contribution in [0.5, 0.6) is 11.5 Å². The summed E-state index contributed by atoms with van der Waals surface area (Å²) in [7, 11) is 0. The quantitative estimate of drug-likeness (QED) is 0.531. The summed E-state index contributed by atoms with van der Waals surface area (Å²) in [5.41, 5.74) is 5.28. The lowest BCUT2D eigenvalue weighted by Gasteiger charge is -2.14. The van der Waals surface area contributed by atoms with Crippen molar-refractivity contribution in [2.24, 2.45) is 5.10 Å². The number of aromatic hydroxyl groups is 1. The van der Waals surface area contributed by atoms with Gasteiger partial charge < -0.3 is 9.84 Å². The van der Waals surface area contributed by atoms with E-state index < -0.39 is 6.10 Å². The Hall–Kier alpha value is -3.34. The van der Waals surface area contributed by atoms with Gasteiger partial charge in [-0.1, -0.05) is 36.4 Å². The van der Waals surface area contributed by atoms with Crippen LogP contribution in [0.15, 0.2) is 59.7 Å². The molecule has 0 aliphatic carbocycles. The summed E-state index contributed by atoms with van der Waals surface area (Å²) in [4.78, 5) is 12.2. The van der Waals surface area contributed by atoms with Gasteiger partial charge in [-0.2, -0.15) is 5.10 Å². The number of amides is 1. The van der Waals surface area contributed by atoms with E-state index in [-0.39, 0.29) is 11.7 Å². The molecule has 3 aromatic carbocycles. The van der Waals surface area contributed by atoms with Crippen molar-refractivity contribution >= 4 is 22.9 Å². The van der Waals surface area contributed by atoms with Gasteiger partial charge in [-0.3, -0.25) is 4.79 Å². The standard InChI is InChI=1S/C22H22N2O3/c1-14-8-10-18(12-15(14)2)27-16(3)22(26)24-23-13-20-19-7-5-4-6-17(19)9-11-21(20)25/h4-13,16,25H,1-3H3,(H,24,26)/b23-13+. The lowest BCUT2D eigenvalue weighted by molar-refractivity contribution is -0.127. The normalized spacial score (nSPS) is 12.3. The van der Waals surface area contributed by atoms with E-state index in [4.69, 9.17) is 4.74 Å². The number of carbonyl (C=O) groups excluding carboxylic acids is 1. The summed E-state index contributed by atoms with van der Waals surface area (Å²) < 4.78 is 5.67. The number of hydrogen-bond acceptors (Lipinski definition) is 4. The Morgan fingerprint density at radius 2 is 1.89 bits per heavy atom. The second-order valence-electron chi connectivity index (χ2n) is 6.46. The largest absolute Gasteiger partial charge is 0.507 e. The van der Waals surface area contributed by atoms with E-state index in [0.717, 1.165) is 16.3 Å². The summed E-state index contributed by atoms with van der Waals surface area (Å²) in [6, 6.07) is 16.8. The van der Waals surface area contributed by atoms with E-state index in [2.05, 4.69) is 10.5 Å². The lowest BCUT2D eigenvalue weighted by Crippen LogP contribution is -2.33. The Morgan fingerprint density at radius 1 is 1.11 bits per heavy atom. The van der Waals surface area contributed by atoms with E-state index >= 15 is 0 Å². The van der Waals surface area contributed by atoms with Gasteiger partial charge in [-0.25, -0.2) is 5.43 Å². The molecule has 0 bridgehead atoms. The Bertz CT molecular complexity index is 1010. The van der Waals surface area contributed by atoms with Crippen LogP contribution in [-0.2, 0) is 4.79 Å². The summed E-state index contributed by atoms with van der Waals surface area (Å²) in [6.45, 7) is 5.68. The van der Waals surface area contributed by atoms with Gasteiger partial charge in [0.2, 0.25) is 0 Å². The molecule has 138 valence electrons. The molecule has 0 fully saturated rings. The summed E-state index contributed by atoms with van der Waals surface area (Å²) in [6.07, 6.45) is 0.739. The minimum Gasteiger partial charge on any atom is -0.507 e. The molecule has 0 saturated carbocycles. The van der Waals surface area contributed by atoms with Gasteiger partial charge in [-0.15, -0.1) is 0 Å². The number of rotatable bonds is 5. The summed E-state index contributed by atoms with van der Waals surface area (Å²) in [5.74, 6) is 0.367. The van der Waals surface area contributed by atoms with Crippen LogP contribution in [0.2, 0.25) is 0 Å². The van der Waals surface area contributed by atoms with Crippen molar-refractivity contribution in [1.29, 1.82) is 0 Å². The Morgan fingerprint density at radius 3 is 2.67 bits per heavy atom. The van der Waals surface area contributed by atoms with Crippen LogP contribution in [0.3, 0.4) is 0 Å². The van der Waals surface area contributed by atoms with Crippen molar-refractivity contribution < 1.29 is 14.6 Å². The molecule has 3 aromatic rings. The first kappa shape index (κ1) is 18.5. The van der Waals surface area contributed by atoms with Crippen molar-refractivity contribution in [2.75, 3.05) is 0 Å². The first-order valence-electron chi connectivity index (χ1n) is 8.73. The van der Waals surface area contributed by atoms with Crippen molar-refractivity contribution in [3.8, 4) is 11.5 Å². The third-order valence-corrected chi connectivity index (χ3v) is 4.48. The minimum absolute atomic E-state index is 0.103. The number of phenolic OH excluding ortho intramolecular Hbond substituents is 1. The highest BCUT2D eigenvalue weighted by atomic mass is 16.5. The molecule has 1 amide bonds. The van der Waals surface area contributed by atoms with Crippen LogP contribution in [0.4, 0.5) is 0 Å². The third kappa shape index (κ3) is 4.26.